The third-order valence-electron chi connectivity index (χ3n) is 11.8. The van der Waals surface area contributed by atoms with E-state index in [2.05, 4.69) is 182 Å². The monoisotopic (exact) mass is 704 g/mol. The molecule has 0 aliphatic heterocycles. The quantitative estimate of drug-likeness (QED) is 0.167. The molecule has 10 aromatic rings. The Morgan fingerprint density at radius 2 is 1.09 bits per heavy atom. The lowest BCUT2D eigenvalue weighted by atomic mass is 9.74. The first-order valence-electron chi connectivity index (χ1n) is 18.8. The van der Waals surface area contributed by atoms with Crippen molar-refractivity contribution in [3.05, 3.63) is 188 Å². The number of allylic oxidation sites excluding steroid dienone is 8. The van der Waals surface area contributed by atoms with Crippen LogP contribution in [0.1, 0.15) is 5.56 Å². The van der Waals surface area contributed by atoms with Gasteiger partial charge in [0.25, 0.3) is 0 Å². The molecule has 2 aliphatic carbocycles. The fourth-order valence-electron chi connectivity index (χ4n) is 9.45. The summed E-state index contributed by atoms with van der Waals surface area (Å²) in [4.78, 5) is 0. The third-order valence-corrected chi connectivity index (χ3v) is 12.9. The van der Waals surface area contributed by atoms with E-state index in [0.29, 0.717) is 11.8 Å². The molecule has 0 spiro atoms. The molecule has 0 saturated heterocycles. The van der Waals surface area contributed by atoms with Crippen LogP contribution >= 0.6 is 11.3 Å². The Morgan fingerprint density at radius 3 is 1.93 bits per heavy atom. The van der Waals surface area contributed by atoms with Crippen LogP contribution in [-0.2, 0) is 0 Å². The highest BCUT2D eigenvalue weighted by Gasteiger charge is 2.27. The zero-order chi connectivity index (χ0) is 35.3. The molecule has 0 radical (unpaired) electrons. The van der Waals surface area contributed by atoms with Crippen molar-refractivity contribution in [3.63, 3.8) is 0 Å². The summed E-state index contributed by atoms with van der Waals surface area (Å²) in [5.74, 6) is 0.703. The number of hydrogen-bond donors (Lipinski definition) is 0. The van der Waals surface area contributed by atoms with Crippen LogP contribution in [-0.4, -0.2) is 0 Å². The highest BCUT2D eigenvalue weighted by atomic mass is 32.1. The van der Waals surface area contributed by atoms with Crippen molar-refractivity contribution in [3.8, 4) is 22.3 Å². The standard InChI is InChI=1S/C52H32OS/c1-2-15-36-31(11-1)12-10-21-37(36)50-40-18-5-3-16-38(40)48(39-17-4-6-19-41(39)50)35-14-9-13-33(29-35)34-25-27-46-43(30-34)52-47(54-46)28-24-32-23-26-45-51(49(32)52)42-20-7-8-22-44(42)53-45/h1-31,36H. The Labute approximate surface area is 316 Å². The van der Waals surface area contributed by atoms with E-state index in [0.717, 1.165) is 11.2 Å². The highest BCUT2D eigenvalue weighted by molar-refractivity contribution is 7.26. The second-order valence-corrected chi connectivity index (χ2v) is 15.8. The fourth-order valence-corrected chi connectivity index (χ4v) is 10.5. The summed E-state index contributed by atoms with van der Waals surface area (Å²) in [7, 11) is 0. The summed E-state index contributed by atoms with van der Waals surface area (Å²) in [5, 5.41) is 12.7. The van der Waals surface area contributed by atoms with Gasteiger partial charge >= 0.3 is 0 Å². The van der Waals surface area contributed by atoms with Gasteiger partial charge < -0.3 is 4.42 Å². The molecule has 2 aromatic heterocycles. The summed E-state index contributed by atoms with van der Waals surface area (Å²) in [6, 6.07) is 51.6. The van der Waals surface area contributed by atoms with Crippen LogP contribution in [0.25, 0.3) is 102 Å². The highest BCUT2D eigenvalue weighted by Crippen LogP contribution is 2.48. The van der Waals surface area contributed by atoms with Gasteiger partial charge in [-0.15, -0.1) is 11.3 Å². The minimum atomic E-state index is 0.324. The number of para-hydroxylation sites is 1. The maximum absolute atomic E-state index is 6.36. The molecule has 252 valence electrons. The lowest BCUT2D eigenvalue weighted by molar-refractivity contribution is 0.669. The number of hydrogen-bond acceptors (Lipinski definition) is 2. The Kier molecular flexibility index (Phi) is 6.40. The van der Waals surface area contributed by atoms with E-state index in [4.69, 9.17) is 4.42 Å². The van der Waals surface area contributed by atoms with Crippen LogP contribution in [0.15, 0.2) is 186 Å². The summed E-state index contributed by atoms with van der Waals surface area (Å²) >= 11 is 1.87. The van der Waals surface area contributed by atoms with Gasteiger partial charge in [-0.2, -0.15) is 0 Å². The van der Waals surface area contributed by atoms with Crippen molar-refractivity contribution in [2.45, 2.75) is 0 Å². The second kappa shape index (κ2) is 11.5. The molecule has 0 saturated carbocycles. The molecule has 2 aliphatic rings. The predicted molar refractivity (Wildman–Crippen MR) is 232 cm³/mol. The average Bonchev–Trinajstić information content (AvgIpc) is 3.81. The molecule has 2 heterocycles. The molecule has 0 N–H and O–H groups in total. The number of furan rings is 1. The molecule has 2 heteroatoms. The van der Waals surface area contributed by atoms with Gasteiger partial charge in [-0.05, 0) is 96.7 Å². The number of thiophene rings is 1. The van der Waals surface area contributed by atoms with Gasteiger partial charge in [0.15, 0.2) is 0 Å². The van der Waals surface area contributed by atoms with E-state index in [1.54, 1.807) is 0 Å². The first kappa shape index (κ1) is 30.0. The molecule has 0 amide bonds. The van der Waals surface area contributed by atoms with Crippen molar-refractivity contribution in [2.24, 2.45) is 11.8 Å². The Balaban J connectivity index is 1.07. The van der Waals surface area contributed by atoms with Crippen LogP contribution in [0.3, 0.4) is 0 Å². The summed E-state index contributed by atoms with van der Waals surface area (Å²) < 4.78 is 8.96. The summed E-state index contributed by atoms with van der Waals surface area (Å²) in [6.45, 7) is 0. The van der Waals surface area contributed by atoms with E-state index in [9.17, 15) is 0 Å². The first-order valence-corrected chi connectivity index (χ1v) is 19.6. The van der Waals surface area contributed by atoms with Gasteiger partial charge in [0.1, 0.15) is 11.2 Å². The van der Waals surface area contributed by atoms with Gasteiger partial charge in [0, 0.05) is 48.2 Å². The molecule has 1 nitrogen and oxygen atoms in total. The van der Waals surface area contributed by atoms with Gasteiger partial charge in [-0.25, -0.2) is 0 Å². The molecule has 12 rings (SSSR count). The van der Waals surface area contributed by atoms with E-state index in [1.807, 2.05) is 11.3 Å². The minimum Gasteiger partial charge on any atom is -0.456 e. The van der Waals surface area contributed by atoms with E-state index in [-0.39, 0.29) is 0 Å². The minimum absolute atomic E-state index is 0.324. The largest absolute Gasteiger partial charge is 0.456 e. The smallest absolute Gasteiger partial charge is 0.136 e. The SMILES string of the molecule is C1=CC2C=CC=C(c3c4ccccc4c(-c4cccc(-c5ccc6sc7ccc8ccc9oc%10ccccc%10c9c8c7c6c5)c4)c4ccccc34)C2C=C1. The number of rotatable bonds is 3. The second-order valence-electron chi connectivity index (χ2n) is 14.7. The van der Waals surface area contributed by atoms with Crippen molar-refractivity contribution in [1.82, 2.24) is 0 Å². The van der Waals surface area contributed by atoms with E-state index in [1.165, 1.54) is 96.7 Å². The van der Waals surface area contributed by atoms with Gasteiger partial charge in [-0.3, -0.25) is 0 Å². The van der Waals surface area contributed by atoms with Crippen molar-refractivity contribution in [2.75, 3.05) is 0 Å². The molecule has 0 fully saturated rings. The van der Waals surface area contributed by atoms with E-state index >= 15 is 0 Å². The maximum atomic E-state index is 6.36. The lowest BCUT2D eigenvalue weighted by Gasteiger charge is -2.29. The Bertz CT molecular complexity index is 3280. The van der Waals surface area contributed by atoms with Crippen molar-refractivity contribution >= 4 is 91.3 Å². The zero-order valence-corrected chi connectivity index (χ0v) is 30.1. The normalized spacial score (nSPS) is 16.8. The fraction of sp³-hybridized carbons (Fsp3) is 0.0385. The van der Waals surface area contributed by atoms with Crippen LogP contribution in [0, 0.1) is 11.8 Å². The van der Waals surface area contributed by atoms with Crippen LogP contribution in [0.2, 0.25) is 0 Å². The molecule has 8 aromatic carbocycles. The van der Waals surface area contributed by atoms with Crippen molar-refractivity contribution in [1.29, 1.82) is 0 Å². The van der Waals surface area contributed by atoms with Crippen LogP contribution in [0.5, 0.6) is 0 Å². The predicted octanol–water partition coefficient (Wildman–Crippen LogP) is 15.1. The first-order chi connectivity index (χ1) is 26.8. The van der Waals surface area contributed by atoms with Crippen LogP contribution < -0.4 is 0 Å². The Hall–Kier alpha value is -6.48. The summed E-state index contributed by atoms with van der Waals surface area (Å²) in [6.07, 6.45) is 16.0. The molecule has 0 bridgehead atoms. The molecular formula is C52H32OS. The average molecular weight is 705 g/mol. The summed E-state index contributed by atoms with van der Waals surface area (Å²) in [5.41, 5.74) is 9.56. The third kappa shape index (κ3) is 4.32. The van der Waals surface area contributed by atoms with Gasteiger partial charge in [0.05, 0.1) is 0 Å². The maximum Gasteiger partial charge on any atom is 0.136 e. The molecule has 2 atom stereocenters. The zero-order valence-electron chi connectivity index (χ0n) is 29.3. The van der Waals surface area contributed by atoms with Crippen LogP contribution in [0.4, 0.5) is 0 Å². The van der Waals surface area contributed by atoms with E-state index < -0.39 is 0 Å². The van der Waals surface area contributed by atoms with Crippen molar-refractivity contribution < 1.29 is 4.42 Å². The lowest BCUT2D eigenvalue weighted by Crippen LogP contribution is -2.15. The Morgan fingerprint density at radius 1 is 0.426 bits per heavy atom. The van der Waals surface area contributed by atoms with Gasteiger partial charge in [-0.1, -0.05) is 146 Å². The van der Waals surface area contributed by atoms with Gasteiger partial charge in [0.2, 0.25) is 0 Å². The molecule has 2 unspecified atom stereocenters. The molecule has 54 heavy (non-hydrogen) atoms. The topological polar surface area (TPSA) is 13.1 Å². The number of benzene rings is 8. The number of fused-ring (bicyclic) bond motifs is 12. The molecular weight excluding hydrogens is 673 g/mol.